The lowest BCUT2D eigenvalue weighted by molar-refractivity contribution is -0.123. The molecule has 0 radical (unpaired) electrons. The van der Waals surface area contributed by atoms with Crippen LogP contribution < -0.4 is 10.6 Å². The number of anilines is 1. The summed E-state index contributed by atoms with van der Waals surface area (Å²) in [4.78, 5) is 23.6. The van der Waals surface area contributed by atoms with E-state index in [0.717, 1.165) is 5.56 Å². The van der Waals surface area contributed by atoms with Gasteiger partial charge in [0.2, 0.25) is 11.8 Å². The lowest BCUT2D eigenvalue weighted by atomic mass is 10.1. The van der Waals surface area contributed by atoms with Crippen molar-refractivity contribution in [3.8, 4) is 5.75 Å². The number of para-hydroxylation sites is 1. The van der Waals surface area contributed by atoms with Crippen molar-refractivity contribution in [1.29, 1.82) is 0 Å². The van der Waals surface area contributed by atoms with Crippen LogP contribution >= 0.6 is 11.6 Å². The molecule has 0 aliphatic heterocycles. The van der Waals surface area contributed by atoms with Crippen molar-refractivity contribution in [3.63, 3.8) is 0 Å². The Hall–Kier alpha value is -2.53. The van der Waals surface area contributed by atoms with Gasteiger partial charge >= 0.3 is 0 Å². The quantitative estimate of drug-likeness (QED) is 0.787. The van der Waals surface area contributed by atoms with E-state index < -0.39 is 0 Å². The number of halogens is 1. The SMILES string of the molecule is Cc1ccc(NC(=O)CNC(=O)Cc2ccccc2O)c(Cl)c1. The first-order chi connectivity index (χ1) is 11.0. The van der Waals surface area contributed by atoms with E-state index in [1.54, 1.807) is 30.3 Å². The first-order valence-electron chi connectivity index (χ1n) is 7.05. The second-order valence-corrected chi connectivity index (χ2v) is 5.52. The first-order valence-corrected chi connectivity index (χ1v) is 7.43. The molecule has 2 aromatic carbocycles. The molecule has 3 N–H and O–H groups in total. The van der Waals surface area contributed by atoms with Crippen LogP contribution in [0, 0.1) is 6.92 Å². The molecule has 0 unspecified atom stereocenters. The van der Waals surface area contributed by atoms with Crippen LogP contribution in [0.1, 0.15) is 11.1 Å². The first kappa shape index (κ1) is 16.8. The Kier molecular flexibility index (Phi) is 5.60. The molecule has 5 nitrogen and oxygen atoms in total. The fourth-order valence-electron chi connectivity index (χ4n) is 1.99. The molecule has 2 amide bonds. The van der Waals surface area contributed by atoms with Crippen molar-refractivity contribution in [2.24, 2.45) is 0 Å². The van der Waals surface area contributed by atoms with Gasteiger partial charge in [0.15, 0.2) is 0 Å². The second kappa shape index (κ2) is 7.65. The lowest BCUT2D eigenvalue weighted by Gasteiger charge is -2.09. The summed E-state index contributed by atoms with van der Waals surface area (Å²) in [6.45, 7) is 1.73. The zero-order chi connectivity index (χ0) is 16.8. The van der Waals surface area contributed by atoms with Crippen LogP contribution in [0.15, 0.2) is 42.5 Å². The number of hydrogen-bond donors (Lipinski definition) is 3. The van der Waals surface area contributed by atoms with E-state index >= 15 is 0 Å². The summed E-state index contributed by atoms with van der Waals surface area (Å²) in [6.07, 6.45) is 0.00520. The van der Waals surface area contributed by atoms with E-state index in [-0.39, 0.29) is 30.5 Å². The number of phenols is 1. The van der Waals surface area contributed by atoms with Crippen molar-refractivity contribution in [2.45, 2.75) is 13.3 Å². The van der Waals surface area contributed by atoms with E-state index in [9.17, 15) is 14.7 Å². The van der Waals surface area contributed by atoms with Gasteiger partial charge in [-0.25, -0.2) is 0 Å². The normalized spacial score (nSPS) is 10.2. The smallest absolute Gasteiger partial charge is 0.243 e. The van der Waals surface area contributed by atoms with Gasteiger partial charge in [-0.05, 0) is 30.7 Å². The monoisotopic (exact) mass is 332 g/mol. The Labute approximate surface area is 139 Å². The summed E-state index contributed by atoms with van der Waals surface area (Å²) >= 11 is 6.03. The molecular formula is C17H17ClN2O3. The number of carbonyl (C=O) groups is 2. The topological polar surface area (TPSA) is 78.4 Å². The predicted octanol–water partition coefficient (Wildman–Crippen LogP) is 2.65. The molecule has 0 aromatic heterocycles. The van der Waals surface area contributed by atoms with Gasteiger partial charge in [0, 0.05) is 5.56 Å². The molecule has 2 aromatic rings. The molecular weight excluding hydrogens is 316 g/mol. The van der Waals surface area contributed by atoms with Crippen LogP contribution in [-0.2, 0) is 16.0 Å². The minimum absolute atomic E-state index is 0.00520. The fourth-order valence-corrected chi connectivity index (χ4v) is 2.27. The number of benzene rings is 2. The highest BCUT2D eigenvalue weighted by Crippen LogP contribution is 2.22. The highest BCUT2D eigenvalue weighted by atomic mass is 35.5. The molecule has 0 heterocycles. The van der Waals surface area contributed by atoms with Crippen LogP contribution in [0.25, 0.3) is 0 Å². The molecule has 0 aliphatic carbocycles. The van der Waals surface area contributed by atoms with E-state index in [0.29, 0.717) is 16.3 Å². The number of aromatic hydroxyl groups is 1. The third kappa shape index (κ3) is 5.00. The Morgan fingerprint density at radius 1 is 1.13 bits per heavy atom. The Morgan fingerprint density at radius 3 is 2.57 bits per heavy atom. The Balaban J connectivity index is 1.84. The second-order valence-electron chi connectivity index (χ2n) is 5.11. The van der Waals surface area contributed by atoms with Crippen LogP contribution in [0.2, 0.25) is 5.02 Å². The average Bonchev–Trinajstić information content (AvgIpc) is 2.50. The standard InChI is InChI=1S/C17H17ClN2O3/c1-11-6-7-14(13(18)8-11)20-17(23)10-19-16(22)9-12-4-2-3-5-15(12)21/h2-8,21H,9-10H2,1H3,(H,19,22)(H,20,23). The molecule has 0 atom stereocenters. The number of nitrogens with one attached hydrogen (secondary N) is 2. The maximum absolute atomic E-state index is 11.8. The summed E-state index contributed by atoms with van der Waals surface area (Å²) < 4.78 is 0. The lowest BCUT2D eigenvalue weighted by Crippen LogP contribution is -2.33. The molecule has 2 rings (SSSR count). The Morgan fingerprint density at radius 2 is 1.87 bits per heavy atom. The van der Waals surface area contributed by atoms with Crippen LogP contribution in [0.4, 0.5) is 5.69 Å². The third-order valence-electron chi connectivity index (χ3n) is 3.19. The molecule has 0 spiro atoms. The van der Waals surface area contributed by atoms with E-state index in [1.165, 1.54) is 6.07 Å². The highest BCUT2D eigenvalue weighted by Gasteiger charge is 2.10. The average molecular weight is 333 g/mol. The van der Waals surface area contributed by atoms with Gasteiger partial charge in [-0.2, -0.15) is 0 Å². The van der Waals surface area contributed by atoms with Crippen LogP contribution in [0.5, 0.6) is 5.75 Å². The number of hydrogen-bond acceptors (Lipinski definition) is 3. The molecule has 6 heteroatoms. The van der Waals surface area contributed by atoms with Crippen molar-refractivity contribution >= 4 is 29.1 Å². The summed E-state index contributed by atoms with van der Waals surface area (Å²) in [6, 6.07) is 11.9. The maximum atomic E-state index is 11.8. The van der Waals surface area contributed by atoms with Gasteiger partial charge < -0.3 is 15.7 Å². The number of carbonyl (C=O) groups excluding carboxylic acids is 2. The van der Waals surface area contributed by atoms with E-state index in [2.05, 4.69) is 10.6 Å². The van der Waals surface area contributed by atoms with Crippen LogP contribution in [0.3, 0.4) is 0 Å². The molecule has 120 valence electrons. The highest BCUT2D eigenvalue weighted by molar-refractivity contribution is 6.33. The van der Waals surface area contributed by atoms with Gasteiger partial charge in [-0.3, -0.25) is 9.59 Å². The van der Waals surface area contributed by atoms with E-state index in [4.69, 9.17) is 11.6 Å². The maximum Gasteiger partial charge on any atom is 0.243 e. The van der Waals surface area contributed by atoms with Crippen molar-refractivity contribution in [2.75, 3.05) is 11.9 Å². The minimum Gasteiger partial charge on any atom is -0.508 e. The number of aryl methyl sites for hydroxylation is 1. The summed E-state index contributed by atoms with van der Waals surface area (Å²) in [7, 11) is 0. The number of rotatable bonds is 5. The third-order valence-corrected chi connectivity index (χ3v) is 3.50. The molecule has 0 bridgehead atoms. The van der Waals surface area contributed by atoms with Gasteiger partial charge in [0.25, 0.3) is 0 Å². The van der Waals surface area contributed by atoms with Gasteiger partial charge in [-0.15, -0.1) is 0 Å². The van der Waals surface area contributed by atoms with Crippen molar-refractivity contribution < 1.29 is 14.7 Å². The Bertz CT molecular complexity index is 732. The predicted molar refractivity (Wildman–Crippen MR) is 89.6 cm³/mol. The zero-order valence-corrected chi connectivity index (χ0v) is 13.4. The van der Waals surface area contributed by atoms with E-state index in [1.807, 2.05) is 13.0 Å². The van der Waals surface area contributed by atoms with Crippen LogP contribution in [-0.4, -0.2) is 23.5 Å². The molecule has 0 saturated carbocycles. The summed E-state index contributed by atoms with van der Waals surface area (Å²) in [5.74, 6) is -0.670. The molecule has 0 fully saturated rings. The zero-order valence-electron chi connectivity index (χ0n) is 12.6. The fraction of sp³-hybridized carbons (Fsp3) is 0.176. The number of amides is 2. The summed E-state index contributed by atoms with van der Waals surface area (Å²) in [5, 5.41) is 15.2. The molecule has 0 saturated heterocycles. The number of phenolic OH excluding ortho intramolecular Hbond substituents is 1. The van der Waals surface area contributed by atoms with Gasteiger partial charge in [-0.1, -0.05) is 35.9 Å². The van der Waals surface area contributed by atoms with Crippen molar-refractivity contribution in [1.82, 2.24) is 5.32 Å². The minimum atomic E-state index is -0.374. The molecule has 23 heavy (non-hydrogen) atoms. The molecule has 0 aliphatic rings. The van der Waals surface area contributed by atoms with Gasteiger partial charge in [0.05, 0.1) is 23.7 Å². The van der Waals surface area contributed by atoms with Gasteiger partial charge in [0.1, 0.15) is 5.75 Å². The largest absolute Gasteiger partial charge is 0.508 e. The van der Waals surface area contributed by atoms with Crippen molar-refractivity contribution in [3.05, 3.63) is 58.6 Å². The summed E-state index contributed by atoms with van der Waals surface area (Å²) in [5.41, 5.74) is 1.99.